The molecule has 0 unspecified atom stereocenters. The molecular formula is C14H7ClN2OS. The van der Waals surface area contributed by atoms with Crippen molar-refractivity contribution in [2.45, 2.75) is 10.1 Å². The highest BCUT2D eigenvalue weighted by atomic mass is 35.5. The highest BCUT2D eigenvalue weighted by Gasteiger charge is 2.10. The molecule has 0 saturated carbocycles. The van der Waals surface area contributed by atoms with Crippen LogP contribution in [0.25, 0.3) is 11.1 Å². The Morgan fingerprint density at radius 3 is 2.84 bits per heavy atom. The number of benzene rings is 2. The fourth-order valence-corrected chi connectivity index (χ4v) is 2.77. The van der Waals surface area contributed by atoms with Gasteiger partial charge in [0.25, 0.3) is 5.22 Å². The van der Waals surface area contributed by atoms with Crippen LogP contribution in [-0.4, -0.2) is 4.98 Å². The standard InChI is InChI=1S/C14H7ClN2OS/c15-10-6-5-9(8-16)13(7-10)19-14-17-11-3-1-2-4-12(11)18-14/h1-7H. The molecule has 19 heavy (non-hydrogen) atoms. The van der Waals surface area contributed by atoms with Gasteiger partial charge in [-0.25, -0.2) is 4.98 Å². The monoisotopic (exact) mass is 286 g/mol. The third kappa shape index (κ3) is 2.43. The molecule has 0 fully saturated rings. The van der Waals surface area contributed by atoms with Gasteiger partial charge < -0.3 is 4.42 Å². The fraction of sp³-hybridized carbons (Fsp3) is 0. The molecule has 1 aromatic heterocycles. The minimum atomic E-state index is 0.500. The zero-order valence-corrected chi connectivity index (χ0v) is 11.2. The van der Waals surface area contributed by atoms with Crippen molar-refractivity contribution >= 4 is 34.5 Å². The van der Waals surface area contributed by atoms with E-state index >= 15 is 0 Å². The lowest BCUT2D eigenvalue weighted by molar-refractivity contribution is 0.489. The molecule has 0 bridgehead atoms. The average molecular weight is 287 g/mol. The van der Waals surface area contributed by atoms with Gasteiger partial charge in [-0.2, -0.15) is 5.26 Å². The van der Waals surface area contributed by atoms with Crippen molar-refractivity contribution in [2.24, 2.45) is 0 Å². The van der Waals surface area contributed by atoms with Gasteiger partial charge in [0.2, 0.25) is 0 Å². The smallest absolute Gasteiger partial charge is 0.261 e. The normalized spacial score (nSPS) is 10.5. The number of rotatable bonds is 2. The largest absolute Gasteiger partial charge is 0.431 e. The maximum absolute atomic E-state index is 9.07. The highest BCUT2D eigenvalue weighted by Crippen LogP contribution is 2.33. The topological polar surface area (TPSA) is 49.8 Å². The second-order valence-corrected chi connectivity index (χ2v) is 5.23. The number of aromatic nitrogens is 1. The quantitative estimate of drug-likeness (QED) is 0.696. The molecule has 2 aromatic carbocycles. The van der Waals surface area contributed by atoms with Crippen LogP contribution in [0.5, 0.6) is 0 Å². The molecule has 5 heteroatoms. The predicted molar refractivity (Wildman–Crippen MR) is 74.3 cm³/mol. The van der Waals surface area contributed by atoms with Gasteiger partial charge in [-0.15, -0.1) is 0 Å². The molecule has 3 rings (SSSR count). The van der Waals surface area contributed by atoms with Crippen molar-refractivity contribution in [3.63, 3.8) is 0 Å². The Balaban J connectivity index is 2.01. The van der Waals surface area contributed by atoms with E-state index in [4.69, 9.17) is 21.3 Å². The molecule has 0 saturated heterocycles. The molecule has 1 heterocycles. The van der Waals surface area contributed by atoms with Crippen LogP contribution < -0.4 is 0 Å². The average Bonchev–Trinajstić information content (AvgIpc) is 2.81. The van der Waals surface area contributed by atoms with E-state index in [1.807, 2.05) is 24.3 Å². The lowest BCUT2D eigenvalue weighted by Crippen LogP contribution is -1.81. The first-order valence-corrected chi connectivity index (χ1v) is 6.69. The van der Waals surface area contributed by atoms with Gasteiger partial charge in [0.15, 0.2) is 5.58 Å². The second kappa shape index (κ2) is 4.96. The van der Waals surface area contributed by atoms with Gasteiger partial charge in [0.1, 0.15) is 11.6 Å². The van der Waals surface area contributed by atoms with Gasteiger partial charge >= 0.3 is 0 Å². The van der Waals surface area contributed by atoms with Crippen molar-refractivity contribution in [3.05, 3.63) is 53.1 Å². The molecule has 3 aromatic rings. The van der Waals surface area contributed by atoms with Gasteiger partial charge in [-0.05, 0) is 42.1 Å². The van der Waals surface area contributed by atoms with Crippen molar-refractivity contribution in [1.29, 1.82) is 5.26 Å². The molecule has 0 N–H and O–H groups in total. The lowest BCUT2D eigenvalue weighted by atomic mass is 10.2. The zero-order valence-electron chi connectivity index (χ0n) is 9.63. The lowest BCUT2D eigenvalue weighted by Gasteiger charge is -2.00. The van der Waals surface area contributed by atoms with Gasteiger partial charge in [-0.1, -0.05) is 23.7 Å². The number of oxazole rings is 1. The summed E-state index contributed by atoms with van der Waals surface area (Å²) < 4.78 is 5.61. The van der Waals surface area contributed by atoms with E-state index in [2.05, 4.69) is 11.1 Å². The molecule has 3 nitrogen and oxygen atoms in total. The molecule has 0 amide bonds. The fourth-order valence-electron chi connectivity index (χ4n) is 1.66. The minimum absolute atomic E-state index is 0.500. The minimum Gasteiger partial charge on any atom is -0.431 e. The van der Waals surface area contributed by atoms with Crippen LogP contribution in [0.1, 0.15) is 5.56 Å². The summed E-state index contributed by atoms with van der Waals surface area (Å²) in [6.45, 7) is 0. The number of para-hydroxylation sites is 2. The Kier molecular flexibility index (Phi) is 3.16. The second-order valence-electron chi connectivity index (χ2n) is 3.80. The van der Waals surface area contributed by atoms with E-state index in [9.17, 15) is 0 Å². The number of hydrogen-bond acceptors (Lipinski definition) is 4. The van der Waals surface area contributed by atoms with E-state index in [1.54, 1.807) is 18.2 Å². The summed E-state index contributed by atoms with van der Waals surface area (Å²) in [6, 6.07) is 14.8. The van der Waals surface area contributed by atoms with Crippen LogP contribution in [0.3, 0.4) is 0 Å². The molecule has 92 valence electrons. The third-order valence-electron chi connectivity index (χ3n) is 2.54. The van der Waals surface area contributed by atoms with E-state index in [-0.39, 0.29) is 0 Å². The van der Waals surface area contributed by atoms with E-state index in [1.165, 1.54) is 11.8 Å². The van der Waals surface area contributed by atoms with E-state index in [0.29, 0.717) is 15.8 Å². The van der Waals surface area contributed by atoms with Gasteiger partial charge in [0.05, 0.1) is 5.56 Å². The maximum atomic E-state index is 9.07. The van der Waals surface area contributed by atoms with Crippen molar-refractivity contribution in [2.75, 3.05) is 0 Å². The Morgan fingerprint density at radius 2 is 2.05 bits per heavy atom. The van der Waals surface area contributed by atoms with Crippen molar-refractivity contribution in [3.8, 4) is 6.07 Å². The third-order valence-corrected chi connectivity index (χ3v) is 3.68. The van der Waals surface area contributed by atoms with Gasteiger partial charge in [-0.3, -0.25) is 0 Å². The number of nitriles is 1. The van der Waals surface area contributed by atoms with E-state index < -0.39 is 0 Å². The highest BCUT2D eigenvalue weighted by molar-refractivity contribution is 7.99. The van der Waals surface area contributed by atoms with Crippen LogP contribution in [0, 0.1) is 11.3 Å². The Bertz CT molecular complexity index is 758. The number of halogens is 1. The maximum Gasteiger partial charge on any atom is 0.261 e. The first-order valence-electron chi connectivity index (χ1n) is 5.49. The Morgan fingerprint density at radius 1 is 1.21 bits per heavy atom. The predicted octanol–water partition coefficient (Wildman–Crippen LogP) is 4.50. The summed E-state index contributed by atoms with van der Waals surface area (Å²) in [7, 11) is 0. The molecule has 0 radical (unpaired) electrons. The molecular weight excluding hydrogens is 280 g/mol. The summed E-state index contributed by atoms with van der Waals surface area (Å²) in [4.78, 5) is 5.09. The molecule has 0 aliphatic rings. The van der Waals surface area contributed by atoms with Crippen LogP contribution in [-0.2, 0) is 0 Å². The van der Waals surface area contributed by atoms with Crippen molar-refractivity contribution < 1.29 is 4.42 Å². The van der Waals surface area contributed by atoms with Crippen LogP contribution in [0.4, 0.5) is 0 Å². The van der Waals surface area contributed by atoms with E-state index in [0.717, 1.165) is 16.0 Å². The summed E-state index contributed by atoms with van der Waals surface area (Å²) in [5.41, 5.74) is 2.08. The van der Waals surface area contributed by atoms with Crippen LogP contribution in [0.2, 0.25) is 5.02 Å². The summed E-state index contributed by atoms with van der Waals surface area (Å²) in [6.07, 6.45) is 0. The molecule has 0 atom stereocenters. The number of fused-ring (bicyclic) bond motifs is 1. The van der Waals surface area contributed by atoms with Crippen LogP contribution >= 0.6 is 23.4 Å². The Hall–Kier alpha value is -1.96. The number of hydrogen-bond donors (Lipinski definition) is 0. The molecule has 0 spiro atoms. The zero-order chi connectivity index (χ0) is 13.2. The Labute approximate surface area is 118 Å². The SMILES string of the molecule is N#Cc1ccc(Cl)cc1Sc1nc2ccccc2o1. The summed E-state index contributed by atoms with van der Waals surface area (Å²) in [5, 5.41) is 10.2. The molecule has 0 aliphatic heterocycles. The van der Waals surface area contributed by atoms with Crippen molar-refractivity contribution in [1.82, 2.24) is 4.98 Å². The number of nitrogens with zero attached hydrogens (tertiary/aromatic N) is 2. The first kappa shape index (κ1) is 12.1. The van der Waals surface area contributed by atoms with Crippen LogP contribution in [0.15, 0.2) is 57.0 Å². The first-order chi connectivity index (χ1) is 9.26. The molecule has 0 aliphatic carbocycles. The van der Waals surface area contributed by atoms with Gasteiger partial charge in [0, 0.05) is 9.92 Å². The summed E-state index contributed by atoms with van der Waals surface area (Å²) >= 11 is 7.24. The summed E-state index contributed by atoms with van der Waals surface area (Å²) in [5.74, 6) is 0.